The Kier molecular flexibility index (Phi) is 5.85. The summed E-state index contributed by atoms with van der Waals surface area (Å²) >= 11 is 0. The summed E-state index contributed by atoms with van der Waals surface area (Å²) < 4.78 is 19.1. The minimum atomic E-state index is -0.494. The van der Waals surface area contributed by atoms with E-state index in [2.05, 4.69) is 10.6 Å². The van der Waals surface area contributed by atoms with Crippen molar-refractivity contribution >= 4 is 5.91 Å². The lowest BCUT2D eigenvalue weighted by atomic mass is 9.82. The highest BCUT2D eigenvalue weighted by molar-refractivity contribution is 5.77. The molecule has 0 atom stereocenters. The van der Waals surface area contributed by atoms with Crippen molar-refractivity contribution in [1.29, 1.82) is 0 Å². The van der Waals surface area contributed by atoms with Gasteiger partial charge in [0, 0.05) is 19.6 Å². The number of piperidine rings is 1. The minimum absolute atomic E-state index is 0.0692. The third kappa shape index (κ3) is 4.33. The topological polar surface area (TPSA) is 50.4 Å². The molecule has 0 spiro atoms. The molecule has 0 radical (unpaired) electrons. The Morgan fingerprint density at radius 3 is 2.75 bits per heavy atom. The summed E-state index contributed by atoms with van der Waals surface area (Å²) in [6.07, 6.45) is 5.16. The Bertz CT molecular complexity index is 552. The first kappa shape index (κ1) is 17.4. The summed E-state index contributed by atoms with van der Waals surface area (Å²) in [5.41, 5.74) is 0.354. The molecule has 0 aliphatic carbocycles. The molecular weight excluding hydrogens is 307 g/mol. The van der Waals surface area contributed by atoms with Gasteiger partial charge in [-0.05, 0) is 68.8 Å². The first-order valence-corrected chi connectivity index (χ1v) is 9.03. The van der Waals surface area contributed by atoms with Crippen LogP contribution in [0, 0.1) is 11.7 Å². The Balaban J connectivity index is 1.64. The van der Waals surface area contributed by atoms with Crippen LogP contribution in [0.25, 0.3) is 0 Å². The molecule has 3 rings (SSSR count). The van der Waals surface area contributed by atoms with Crippen LogP contribution in [0.4, 0.5) is 4.39 Å². The normalized spacial score (nSPS) is 21.4. The first-order valence-electron chi connectivity index (χ1n) is 9.03. The predicted octanol–water partition coefficient (Wildman–Crippen LogP) is 2.73. The number of rotatable bonds is 5. The van der Waals surface area contributed by atoms with E-state index in [4.69, 9.17) is 4.74 Å². The summed E-state index contributed by atoms with van der Waals surface area (Å²) in [7, 11) is 0. The number of benzene rings is 1. The average Bonchev–Trinajstić information content (AvgIpc) is 2.62. The number of carbonyl (C=O) groups excluding carboxylic acids is 1. The summed E-state index contributed by atoms with van der Waals surface area (Å²) in [5.74, 6) is 0.443. The third-order valence-electron chi connectivity index (χ3n) is 5.34. The highest BCUT2D eigenvalue weighted by Crippen LogP contribution is 2.33. The van der Waals surface area contributed by atoms with E-state index >= 15 is 0 Å². The smallest absolute Gasteiger partial charge is 0.220 e. The van der Waals surface area contributed by atoms with Crippen molar-refractivity contribution < 1.29 is 13.9 Å². The SMILES string of the molecule is O=C(CCC1CCNCC1)NC1(c2cccc(F)c2)CCOCC1. The molecule has 1 aromatic carbocycles. The molecule has 0 saturated carbocycles. The zero-order chi connectivity index (χ0) is 16.8. The van der Waals surface area contributed by atoms with Crippen LogP contribution >= 0.6 is 0 Å². The molecule has 0 bridgehead atoms. The van der Waals surface area contributed by atoms with E-state index in [1.165, 1.54) is 6.07 Å². The molecule has 2 aliphatic heterocycles. The Morgan fingerprint density at radius 1 is 1.29 bits per heavy atom. The molecule has 0 aromatic heterocycles. The lowest BCUT2D eigenvalue weighted by Gasteiger charge is -2.38. The summed E-state index contributed by atoms with van der Waals surface area (Å²) in [6, 6.07) is 6.60. The van der Waals surface area contributed by atoms with Crippen molar-refractivity contribution in [3.8, 4) is 0 Å². The van der Waals surface area contributed by atoms with Gasteiger partial charge in [-0.15, -0.1) is 0 Å². The van der Waals surface area contributed by atoms with Crippen molar-refractivity contribution in [1.82, 2.24) is 10.6 Å². The van der Waals surface area contributed by atoms with Gasteiger partial charge in [0.25, 0.3) is 0 Å². The second kappa shape index (κ2) is 8.08. The zero-order valence-electron chi connectivity index (χ0n) is 14.2. The summed E-state index contributed by atoms with van der Waals surface area (Å²) in [4.78, 5) is 12.6. The van der Waals surface area contributed by atoms with Crippen LogP contribution in [-0.2, 0) is 15.1 Å². The summed E-state index contributed by atoms with van der Waals surface area (Å²) in [6.45, 7) is 3.28. The van der Waals surface area contributed by atoms with E-state index in [0.29, 0.717) is 38.4 Å². The van der Waals surface area contributed by atoms with Crippen molar-refractivity contribution in [2.75, 3.05) is 26.3 Å². The summed E-state index contributed by atoms with van der Waals surface area (Å²) in [5, 5.41) is 6.57. The fourth-order valence-corrected chi connectivity index (χ4v) is 3.83. The molecular formula is C19H27FN2O2. The molecule has 0 unspecified atom stereocenters. The predicted molar refractivity (Wildman–Crippen MR) is 91.1 cm³/mol. The van der Waals surface area contributed by atoms with Gasteiger partial charge in [0.2, 0.25) is 5.91 Å². The number of hydrogen-bond donors (Lipinski definition) is 2. The van der Waals surface area contributed by atoms with Crippen molar-refractivity contribution in [3.63, 3.8) is 0 Å². The van der Waals surface area contributed by atoms with Gasteiger partial charge in [-0.1, -0.05) is 12.1 Å². The molecule has 132 valence electrons. The van der Waals surface area contributed by atoms with Crippen LogP contribution in [0.1, 0.15) is 44.1 Å². The van der Waals surface area contributed by atoms with Gasteiger partial charge < -0.3 is 15.4 Å². The number of hydrogen-bond acceptors (Lipinski definition) is 3. The van der Waals surface area contributed by atoms with E-state index in [1.54, 1.807) is 12.1 Å². The second-order valence-electron chi connectivity index (χ2n) is 6.99. The third-order valence-corrected chi connectivity index (χ3v) is 5.34. The maximum Gasteiger partial charge on any atom is 0.220 e. The van der Waals surface area contributed by atoms with Crippen LogP contribution in [0.15, 0.2) is 24.3 Å². The number of nitrogens with one attached hydrogen (secondary N) is 2. The zero-order valence-corrected chi connectivity index (χ0v) is 14.2. The Labute approximate surface area is 143 Å². The fourth-order valence-electron chi connectivity index (χ4n) is 3.83. The Hall–Kier alpha value is -1.46. The molecule has 2 aliphatic rings. The van der Waals surface area contributed by atoms with Crippen LogP contribution in [0.2, 0.25) is 0 Å². The number of halogens is 1. The van der Waals surface area contributed by atoms with Crippen LogP contribution < -0.4 is 10.6 Å². The molecule has 2 fully saturated rings. The van der Waals surface area contributed by atoms with Gasteiger partial charge in [0.15, 0.2) is 0 Å². The van der Waals surface area contributed by atoms with Gasteiger partial charge in [0.1, 0.15) is 5.82 Å². The molecule has 5 heteroatoms. The monoisotopic (exact) mass is 334 g/mol. The average molecular weight is 334 g/mol. The molecule has 1 aromatic rings. The van der Waals surface area contributed by atoms with Crippen LogP contribution in [0.3, 0.4) is 0 Å². The van der Waals surface area contributed by atoms with Crippen molar-refractivity contribution in [2.45, 2.75) is 44.1 Å². The fraction of sp³-hybridized carbons (Fsp3) is 0.632. The minimum Gasteiger partial charge on any atom is -0.381 e. The number of carbonyl (C=O) groups is 1. The lowest BCUT2D eigenvalue weighted by Crippen LogP contribution is -2.49. The van der Waals surface area contributed by atoms with Crippen molar-refractivity contribution in [3.05, 3.63) is 35.6 Å². The van der Waals surface area contributed by atoms with E-state index in [0.717, 1.165) is 37.9 Å². The standard InChI is InChI=1S/C19H27FN2O2/c20-17-3-1-2-16(14-17)19(8-12-24-13-9-19)22-18(23)5-4-15-6-10-21-11-7-15/h1-3,14-15,21H,4-13H2,(H,22,23). The van der Waals surface area contributed by atoms with Gasteiger partial charge in [-0.25, -0.2) is 4.39 Å². The van der Waals surface area contributed by atoms with Crippen LogP contribution in [0.5, 0.6) is 0 Å². The number of amides is 1. The number of ether oxygens (including phenoxy) is 1. The van der Waals surface area contributed by atoms with E-state index in [9.17, 15) is 9.18 Å². The van der Waals surface area contributed by atoms with Crippen molar-refractivity contribution in [2.24, 2.45) is 5.92 Å². The molecule has 2 heterocycles. The highest BCUT2D eigenvalue weighted by Gasteiger charge is 2.36. The second-order valence-corrected chi connectivity index (χ2v) is 6.99. The maximum atomic E-state index is 13.7. The van der Waals surface area contributed by atoms with E-state index in [1.807, 2.05) is 6.07 Å². The molecule has 2 N–H and O–H groups in total. The van der Waals surface area contributed by atoms with Crippen LogP contribution in [-0.4, -0.2) is 32.2 Å². The van der Waals surface area contributed by atoms with E-state index in [-0.39, 0.29) is 11.7 Å². The highest BCUT2D eigenvalue weighted by atomic mass is 19.1. The van der Waals surface area contributed by atoms with Gasteiger partial charge >= 0.3 is 0 Å². The maximum absolute atomic E-state index is 13.7. The lowest BCUT2D eigenvalue weighted by molar-refractivity contribution is -0.124. The molecule has 1 amide bonds. The first-order chi connectivity index (χ1) is 11.7. The largest absolute Gasteiger partial charge is 0.381 e. The van der Waals surface area contributed by atoms with Gasteiger partial charge in [0.05, 0.1) is 5.54 Å². The van der Waals surface area contributed by atoms with Gasteiger partial charge in [-0.3, -0.25) is 4.79 Å². The molecule has 24 heavy (non-hydrogen) atoms. The quantitative estimate of drug-likeness (QED) is 0.870. The molecule has 2 saturated heterocycles. The molecule has 4 nitrogen and oxygen atoms in total. The van der Waals surface area contributed by atoms with Gasteiger partial charge in [-0.2, -0.15) is 0 Å². The van der Waals surface area contributed by atoms with E-state index < -0.39 is 5.54 Å². The Morgan fingerprint density at radius 2 is 2.04 bits per heavy atom.